The molecule has 2 rings (SSSR count). The maximum Gasteiger partial charge on any atom is 0.163 e. The van der Waals surface area contributed by atoms with Gasteiger partial charge in [0.15, 0.2) is 5.78 Å². The van der Waals surface area contributed by atoms with Crippen molar-refractivity contribution in [1.29, 1.82) is 0 Å². The van der Waals surface area contributed by atoms with Crippen LogP contribution in [0, 0.1) is 0 Å². The first-order valence-corrected chi connectivity index (χ1v) is 7.11. The number of hydrogen-bond acceptors (Lipinski definition) is 3. The van der Waals surface area contributed by atoms with Crippen molar-refractivity contribution in [3.8, 4) is 5.75 Å². The Morgan fingerprint density at radius 3 is 2.79 bits per heavy atom. The normalized spacial score (nSPS) is 23.7. The third-order valence-electron chi connectivity index (χ3n) is 3.52. The number of benzene rings is 1. The molecule has 19 heavy (non-hydrogen) atoms. The number of aliphatic hydroxyl groups excluding tert-OH is 1. The van der Waals surface area contributed by atoms with E-state index in [1.54, 1.807) is 18.2 Å². The monoisotopic (exact) mass is 282 g/mol. The highest BCUT2D eigenvalue weighted by atomic mass is 35.5. The van der Waals surface area contributed by atoms with Crippen molar-refractivity contribution in [2.24, 2.45) is 0 Å². The lowest BCUT2D eigenvalue weighted by molar-refractivity contribution is 0.0314. The minimum Gasteiger partial charge on any atom is -0.487 e. The van der Waals surface area contributed by atoms with Crippen LogP contribution in [0.2, 0.25) is 5.02 Å². The summed E-state index contributed by atoms with van der Waals surface area (Å²) in [6, 6.07) is 5.02. The van der Waals surface area contributed by atoms with Crippen molar-refractivity contribution >= 4 is 17.4 Å². The summed E-state index contributed by atoms with van der Waals surface area (Å²) in [4.78, 5) is 11.6. The molecule has 0 saturated heterocycles. The van der Waals surface area contributed by atoms with Gasteiger partial charge in [0.1, 0.15) is 11.9 Å². The van der Waals surface area contributed by atoms with Gasteiger partial charge in [-0.25, -0.2) is 0 Å². The summed E-state index contributed by atoms with van der Waals surface area (Å²) in [6.07, 6.45) is 4.08. The summed E-state index contributed by atoms with van der Waals surface area (Å²) < 4.78 is 5.87. The second kappa shape index (κ2) is 6.40. The third-order valence-corrected chi connectivity index (χ3v) is 3.75. The molecule has 2 atom stereocenters. The molecule has 1 aliphatic carbocycles. The number of aliphatic hydroxyl groups is 1. The summed E-state index contributed by atoms with van der Waals surface area (Å²) in [6.45, 7) is 1.49. The summed E-state index contributed by atoms with van der Waals surface area (Å²) in [5, 5.41) is 10.6. The van der Waals surface area contributed by atoms with Crippen LogP contribution in [0.3, 0.4) is 0 Å². The zero-order chi connectivity index (χ0) is 13.8. The van der Waals surface area contributed by atoms with Crippen LogP contribution in [0.1, 0.15) is 49.4 Å². The van der Waals surface area contributed by atoms with Gasteiger partial charge in [-0.1, -0.05) is 24.4 Å². The molecule has 1 saturated carbocycles. The molecule has 4 heteroatoms. The fourth-order valence-electron chi connectivity index (χ4n) is 2.43. The van der Waals surface area contributed by atoms with Gasteiger partial charge in [-0.05, 0) is 44.4 Å². The van der Waals surface area contributed by atoms with Crippen LogP contribution in [0.25, 0.3) is 0 Å². The first kappa shape index (κ1) is 14.4. The average molecular weight is 283 g/mol. The Bertz CT molecular complexity index is 459. The maximum absolute atomic E-state index is 11.6. The fraction of sp³-hybridized carbons (Fsp3) is 0.533. The lowest BCUT2D eigenvalue weighted by Crippen LogP contribution is -2.31. The molecule has 0 spiro atoms. The van der Waals surface area contributed by atoms with Crippen LogP contribution < -0.4 is 4.74 Å². The minimum absolute atomic E-state index is 0.0828. The molecule has 0 aliphatic heterocycles. The Morgan fingerprint density at radius 2 is 2.05 bits per heavy atom. The van der Waals surface area contributed by atoms with E-state index in [1.165, 1.54) is 6.92 Å². The molecule has 1 fully saturated rings. The summed E-state index contributed by atoms with van der Waals surface area (Å²) in [7, 11) is 0. The average Bonchev–Trinajstić information content (AvgIpc) is 2.57. The summed E-state index contributed by atoms with van der Waals surface area (Å²) >= 11 is 5.90. The van der Waals surface area contributed by atoms with E-state index in [0.29, 0.717) is 16.3 Å². The second-order valence-electron chi connectivity index (χ2n) is 5.06. The molecule has 104 valence electrons. The molecule has 2 unspecified atom stereocenters. The molecule has 1 aromatic carbocycles. The molecule has 1 aromatic rings. The third kappa shape index (κ3) is 3.71. The van der Waals surface area contributed by atoms with Crippen molar-refractivity contribution in [1.82, 2.24) is 0 Å². The molecule has 3 nitrogen and oxygen atoms in total. The van der Waals surface area contributed by atoms with Crippen LogP contribution in [0.5, 0.6) is 5.75 Å². The molecule has 0 aromatic heterocycles. The molecule has 1 aliphatic rings. The Kier molecular flexibility index (Phi) is 4.83. The molecule has 0 radical (unpaired) electrons. The second-order valence-corrected chi connectivity index (χ2v) is 5.49. The van der Waals surface area contributed by atoms with Gasteiger partial charge in [-0.15, -0.1) is 0 Å². The van der Waals surface area contributed by atoms with Crippen LogP contribution in [-0.2, 0) is 0 Å². The number of carbonyl (C=O) groups excluding carboxylic acids is 1. The zero-order valence-electron chi connectivity index (χ0n) is 11.1. The number of halogens is 1. The predicted molar refractivity (Wildman–Crippen MR) is 75.0 cm³/mol. The molecular formula is C15H19ClO3. The molecular weight excluding hydrogens is 264 g/mol. The Labute approximate surface area is 118 Å². The van der Waals surface area contributed by atoms with E-state index >= 15 is 0 Å². The zero-order valence-corrected chi connectivity index (χ0v) is 11.8. The van der Waals surface area contributed by atoms with E-state index in [4.69, 9.17) is 16.3 Å². The number of rotatable bonds is 3. The van der Waals surface area contributed by atoms with E-state index in [9.17, 15) is 9.90 Å². The Hall–Kier alpha value is -1.06. The van der Waals surface area contributed by atoms with Gasteiger partial charge in [0.25, 0.3) is 0 Å². The molecule has 0 bridgehead atoms. The highest BCUT2D eigenvalue weighted by Crippen LogP contribution is 2.28. The molecule has 0 heterocycles. The first-order valence-electron chi connectivity index (χ1n) is 6.73. The number of ether oxygens (including phenoxy) is 1. The highest BCUT2D eigenvalue weighted by Gasteiger charge is 2.24. The van der Waals surface area contributed by atoms with Gasteiger partial charge in [-0.2, -0.15) is 0 Å². The minimum atomic E-state index is -0.460. The standard InChI is InChI=1S/C15H19ClO3/c1-10(17)12-9-11(16)7-8-14(12)19-15-6-4-2-3-5-13(15)18/h7-9,13,15,18H,2-6H2,1H3. The van der Waals surface area contributed by atoms with Crippen LogP contribution in [0.4, 0.5) is 0 Å². The van der Waals surface area contributed by atoms with E-state index < -0.39 is 6.10 Å². The number of ketones is 1. The fourth-order valence-corrected chi connectivity index (χ4v) is 2.61. The van der Waals surface area contributed by atoms with Gasteiger partial charge in [0, 0.05) is 5.02 Å². The Morgan fingerprint density at radius 1 is 1.32 bits per heavy atom. The van der Waals surface area contributed by atoms with Crippen molar-refractivity contribution in [3.05, 3.63) is 28.8 Å². The van der Waals surface area contributed by atoms with Gasteiger partial charge < -0.3 is 9.84 Å². The smallest absolute Gasteiger partial charge is 0.163 e. The molecule has 0 amide bonds. The van der Waals surface area contributed by atoms with Gasteiger partial charge in [0.05, 0.1) is 11.7 Å². The van der Waals surface area contributed by atoms with Crippen LogP contribution >= 0.6 is 11.6 Å². The number of hydrogen-bond donors (Lipinski definition) is 1. The van der Waals surface area contributed by atoms with E-state index in [-0.39, 0.29) is 11.9 Å². The van der Waals surface area contributed by atoms with Crippen LogP contribution in [-0.4, -0.2) is 23.1 Å². The van der Waals surface area contributed by atoms with Gasteiger partial charge >= 0.3 is 0 Å². The van der Waals surface area contributed by atoms with E-state index in [0.717, 1.165) is 32.1 Å². The predicted octanol–water partition coefficient (Wildman–Crippen LogP) is 3.62. The topological polar surface area (TPSA) is 46.5 Å². The van der Waals surface area contributed by atoms with Gasteiger partial charge in [-0.3, -0.25) is 4.79 Å². The van der Waals surface area contributed by atoms with E-state index in [1.807, 2.05) is 0 Å². The first-order chi connectivity index (χ1) is 9.08. The Balaban J connectivity index is 2.19. The SMILES string of the molecule is CC(=O)c1cc(Cl)ccc1OC1CCCCCC1O. The lowest BCUT2D eigenvalue weighted by Gasteiger charge is -2.23. The van der Waals surface area contributed by atoms with Crippen molar-refractivity contribution in [2.45, 2.75) is 51.2 Å². The van der Waals surface area contributed by atoms with Crippen LogP contribution in [0.15, 0.2) is 18.2 Å². The summed E-state index contributed by atoms with van der Waals surface area (Å²) in [5.41, 5.74) is 0.476. The quantitative estimate of drug-likeness (QED) is 0.680. The van der Waals surface area contributed by atoms with Crippen molar-refractivity contribution < 1.29 is 14.6 Å². The maximum atomic E-state index is 11.6. The van der Waals surface area contributed by atoms with Crippen molar-refractivity contribution in [3.63, 3.8) is 0 Å². The van der Waals surface area contributed by atoms with Gasteiger partial charge in [0.2, 0.25) is 0 Å². The highest BCUT2D eigenvalue weighted by molar-refractivity contribution is 6.31. The largest absolute Gasteiger partial charge is 0.487 e. The molecule has 1 N–H and O–H groups in total. The number of carbonyl (C=O) groups is 1. The van der Waals surface area contributed by atoms with Crippen molar-refractivity contribution in [2.75, 3.05) is 0 Å². The van der Waals surface area contributed by atoms with E-state index in [2.05, 4.69) is 0 Å². The number of Topliss-reactive ketones (excluding diaryl/α,β-unsaturated/α-hetero) is 1. The summed E-state index contributed by atoms with van der Waals surface area (Å²) in [5.74, 6) is 0.434. The lowest BCUT2D eigenvalue weighted by atomic mass is 10.1.